The SMILES string of the molecule is C=CCOC(=O)C1=C(c2cccc(C(=O)NC(C)C)c2)C[C@@H]2[C@@H]([C@@H](C)O)C(=O)N12. The van der Waals surface area contributed by atoms with Crippen molar-refractivity contribution >= 4 is 23.4 Å². The summed E-state index contributed by atoms with van der Waals surface area (Å²) in [6.45, 7) is 8.89. The minimum absolute atomic E-state index is 0.00679. The first-order valence-corrected chi connectivity index (χ1v) is 9.69. The number of fused-ring (bicyclic) bond motifs is 1. The summed E-state index contributed by atoms with van der Waals surface area (Å²) in [5, 5.41) is 12.8. The topological polar surface area (TPSA) is 95.9 Å². The molecule has 2 N–H and O–H groups in total. The van der Waals surface area contributed by atoms with Crippen LogP contribution in [0, 0.1) is 5.92 Å². The van der Waals surface area contributed by atoms with Crippen LogP contribution in [-0.4, -0.2) is 52.6 Å². The van der Waals surface area contributed by atoms with Gasteiger partial charge in [0.25, 0.3) is 5.91 Å². The largest absolute Gasteiger partial charge is 0.457 e. The Bertz CT molecular complexity index is 887. The van der Waals surface area contributed by atoms with Crippen molar-refractivity contribution in [2.45, 2.75) is 45.4 Å². The zero-order valence-electron chi connectivity index (χ0n) is 16.8. The lowest BCUT2D eigenvalue weighted by molar-refractivity contribution is -0.162. The molecule has 0 radical (unpaired) electrons. The van der Waals surface area contributed by atoms with E-state index in [1.807, 2.05) is 13.8 Å². The number of hydrogen-bond acceptors (Lipinski definition) is 5. The predicted molar refractivity (Wildman–Crippen MR) is 108 cm³/mol. The fraction of sp³-hybridized carbons (Fsp3) is 0.409. The van der Waals surface area contributed by atoms with E-state index in [1.165, 1.54) is 11.0 Å². The summed E-state index contributed by atoms with van der Waals surface area (Å²) >= 11 is 0. The predicted octanol–water partition coefficient (Wildman–Crippen LogP) is 1.88. The van der Waals surface area contributed by atoms with Crippen molar-refractivity contribution in [1.29, 1.82) is 0 Å². The van der Waals surface area contributed by atoms with Gasteiger partial charge in [-0.1, -0.05) is 24.8 Å². The van der Waals surface area contributed by atoms with E-state index in [2.05, 4.69) is 11.9 Å². The summed E-state index contributed by atoms with van der Waals surface area (Å²) in [5.74, 6) is -1.67. The Morgan fingerprint density at radius 1 is 1.38 bits per heavy atom. The monoisotopic (exact) mass is 398 g/mol. The molecule has 154 valence electrons. The van der Waals surface area contributed by atoms with Crippen molar-refractivity contribution in [2.24, 2.45) is 5.92 Å². The summed E-state index contributed by atoms with van der Waals surface area (Å²) in [6, 6.07) is 6.65. The van der Waals surface area contributed by atoms with Crippen molar-refractivity contribution in [1.82, 2.24) is 10.2 Å². The minimum atomic E-state index is -0.809. The number of β-lactam (4-membered cyclic amide) rings is 1. The maximum Gasteiger partial charge on any atom is 0.355 e. The molecule has 0 unspecified atom stereocenters. The number of rotatable bonds is 7. The zero-order chi connectivity index (χ0) is 21.3. The fourth-order valence-electron chi connectivity index (χ4n) is 3.91. The van der Waals surface area contributed by atoms with Crippen LogP contribution in [0.4, 0.5) is 0 Å². The van der Waals surface area contributed by atoms with Crippen LogP contribution in [0.15, 0.2) is 42.6 Å². The maximum absolute atomic E-state index is 12.7. The number of carbonyl (C=O) groups is 3. The lowest BCUT2D eigenvalue weighted by Gasteiger charge is -2.44. The molecule has 2 aliphatic heterocycles. The number of aliphatic hydroxyl groups excluding tert-OH is 1. The Labute approximate surface area is 170 Å². The van der Waals surface area contributed by atoms with Crippen molar-refractivity contribution in [3.63, 3.8) is 0 Å². The molecule has 1 aromatic rings. The molecule has 0 spiro atoms. The van der Waals surface area contributed by atoms with Gasteiger partial charge in [0.1, 0.15) is 12.3 Å². The molecule has 0 bridgehead atoms. The van der Waals surface area contributed by atoms with Crippen LogP contribution in [-0.2, 0) is 14.3 Å². The molecule has 3 rings (SSSR count). The van der Waals surface area contributed by atoms with Gasteiger partial charge in [-0.25, -0.2) is 4.79 Å². The van der Waals surface area contributed by atoms with E-state index < -0.39 is 18.0 Å². The third-order valence-electron chi connectivity index (χ3n) is 5.15. The highest BCUT2D eigenvalue weighted by atomic mass is 16.5. The molecular weight excluding hydrogens is 372 g/mol. The van der Waals surface area contributed by atoms with E-state index in [0.717, 1.165) is 0 Å². The van der Waals surface area contributed by atoms with E-state index in [-0.39, 0.29) is 36.2 Å². The number of ether oxygens (including phenoxy) is 1. The van der Waals surface area contributed by atoms with Gasteiger partial charge in [0.05, 0.1) is 18.1 Å². The second kappa shape index (κ2) is 8.21. The number of carbonyl (C=O) groups excluding carboxylic acids is 3. The number of esters is 1. The van der Waals surface area contributed by atoms with Gasteiger partial charge in [0.15, 0.2) is 0 Å². The second-order valence-electron chi connectivity index (χ2n) is 7.67. The third kappa shape index (κ3) is 3.82. The van der Waals surface area contributed by atoms with E-state index in [4.69, 9.17) is 4.74 Å². The summed E-state index contributed by atoms with van der Waals surface area (Å²) in [7, 11) is 0. The maximum atomic E-state index is 12.7. The Hall–Kier alpha value is -2.93. The molecule has 2 heterocycles. The van der Waals surface area contributed by atoms with Gasteiger partial charge in [0, 0.05) is 11.6 Å². The van der Waals surface area contributed by atoms with Gasteiger partial charge < -0.3 is 20.1 Å². The Balaban J connectivity index is 2.00. The molecule has 3 atom stereocenters. The van der Waals surface area contributed by atoms with Crippen molar-refractivity contribution in [3.8, 4) is 0 Å². The number of benzene rings is 1. The second-order valence-corrected chi connectivity index (χ2v) is 7.67. The molecule has 1 aromatic carbocycles. The Morgan fingerprint density at radius 3 is 2.72 bits per heavy atom. The van der Waals surface area contributed by atoms with Gasteiger partial charge in [-0.15, -0.1) is 0 Å². The van der Waals surface area contributed by atoms with Crippen LogP contribution >= 0.6 is 0 Å². The normalized spacial score (nSPS) is 21.6. The number of amides is 2. The highest BCUT2D eigenvalue weighted by Crippen LogP contribution is 2.47. The van der Waals surface area contributed by atoms with Crippen LogP contribution in [0.1, 0.15) is 43.1 Å². The van der Waals surface area contributed by atoms with Gasteiger partial charge in [-0.3, -0.25) is 9.59 Å². The van der Waals surface area contributed by atoms with E-state index >= 15 is 0 Å². The molecule has 1 saturated heterocycles. The fourth-order valence-corrected chi connectivity index (χ4v) is 3.91. The van der Waals surface area contributed by atoms with Gasteiger partial charge in [-0.05, 0) is 50.5 Å². The van der Waals surface area contributed by atoms with Crippen LogP contribution in [0.2, 0.25) is 0 Å². The molecule has 7 nitrogen and oxygen atoms in total. The van der Waals surface area contributed by atoms with Crippen LogP contribution in [0.3, 0.4) is 0 Å². The molecule has 0 saturated carbocycles. The standard InChI is InChI=1S/C22H26N2O5/c1-5-9-29-22(28)19-16(11-17-18(13(4)25)21(27)24(17)19)14-7-6-8-15(10-14)20(26)23-12(2)3/h5-8,10,12-13,17-18,25H,1,9,11H2,2-4H3,(H,23,26)/t13-,17-,18-/m1/s1. The highest BCUT2D eigenvalue weighted by molar-refractivity contribution is 6.07. The first-order valence-electron chi connectivity index (χ1n) is 9.69. The van der Waals surface area contributed by atoms with Crippen molar-refractivity contribution in [3.05, 3.63) is 53.7 Å². The number of hydrogen-bond donors (Lipinski definition) is 2. The molecule has 0 aromatic heterocycles. The number of nitrogens with zero attached hydrogens (tertiary/aromatic N) is 1. The summed E-state index contributed by atoms with van der Waals surface area (Å²) < 4.78 is 5.20. The lowest BCUT2D eigenvalue weighted by atomic mass is 9.82. The van der Waals surface area contributed by atoms with Crippen LogP contribution in [0.25, 0.3) is 5.57 Å². The third-order valence-corrected chi connectivity index (χ3v) is 5.15. The molecular formula is C22H26N2O5. The van der Waals surface area contributed by atoms with Gasteiger partial charge in [-0.2, -0.15) is 0 Å². The van der Waals surface area contributed by atoms with E-state index in [9.17, 15) is 19.5 Å². The smallest absolute Gasteiger partial charge is 0.355 e. The van der Waals surface area contributed by atoms with Crippen LogP contribution in [0.5, 0.6) is 0 Å². The summed E-state index contributed by atoms with van der Waals surface area (Å²) in [5.41, 5.74) is 1.97. The van der Waals surface area contributed by atoms with Crippen molar-refractivity contribution in [2.75, 3.05) is 6.61 Å². The van der Waals surface area contributed by atoms with E-state index in [1.54, 1.807) is 31.2 Å². The molecule has 0 aliphatic carbocycles. The minimum Gasteiger partial charge on any atom is -0.457 e. The van der Waals surface area contributed by atoms with Gasteiger partial charge in [0.2, 0.25) is 5.91 Å². The summed E-state index contributed by atoms with van der Waals surface area (Å²) in [4.78, 5) is 39.1. The number of aliphatic hydroxyl groups is 1. The van der Waals surface area contributed by atoms with Crippen LogP contribution < -0.4 is 5.32 Å². The zero-order valence-corrected chi connectivity index (χ0v) is 16.8. The first kappa shape index (κ1) is 20.8. The van der Waals surface area contributed by atoms with E-state index in [0.29, 0.717) is 23.1 Å². The summed E-state index contributed by atoms with van der Waals surface area (Å²) in [6.07, 6.45) is 1.06. The van der Waals surface area contributed by atoms with Gasteiger partial charge >= 0.3 is 5.97 Å². The molecule has 29 heavy (non-hydrogen) atoms. The highest BCUT2D eigenvalue weighted by Gasteiger charge is 2.57. The number of nitrogens with one attached hydrogen (secondary N) is 1. The molecule has 2 aliphatic rings. The lowest BCUT2D eigenvalue weighted by Crippen LogP contribution is -2.61. The average molecular weight is 398 g/mol. The van der Waals surface area contributed by atoms with Crippen molar-refractivity contribution < 1.29 is 24.2 Å². The Kier molecular flexibility index (Phi) is 5.88. The average Bonchev–Trinajstić information content (AvgIpc) is 3.00. The first-order chi connectivity index (χ1) is 13.8. The molecule has 1 fully saturated rings. The quantitative estimate of drug-likeness (QED) is 0.415. The Morgan fingerprint density at radius 2 is 2.10 bits per heavy atom. The molecule has 7 heteroatoms. The molecule has 2 amide bonds.